The van der Waals surface area contributed by atoms with Crippen LogP contribution in [0.15, 0.2) is 35.1 Å². The second-order valence-corrected chi connectivity index (χ2v) is 6.20. The van der Waals surface area contributed by atoms with E-state index in [1.165, 1.54) is 10.7 Å². The van der Waals surface area contributed by atoms with Gasteiger partial charge in [0.25, 0.3) is 5.56 Å². The maximum absolute atomic E-state index is 12.1. The summed E-state index contributed by atoms with van der Waals surface area (Å²) in [6, 6.07) is 8.41. The Balaban J connectivity index is 1.65. The fourth-order valence-corrected chi connectivity index (χ4v) is 2.64. The van der Waals surface area contributed by atoms with Crippen molar-refractivity contribution in [3.8, 4) is 5.75 Å². The van der Waals surface area contributed by atoms with Crippen molar-refractivity contribution in [2.75, 3.05) is 7.11 Å². The van der Waals surface area contributed by atoms with Crippen molar-refractivity contribution < 1.29 is 9.53 Å². The maximum atomic E-state index is 12.1. The zero-order valence-electron chi connectivity index (χ0n) is 13.3. The van der Waals surface area contributed by atoms with Crippen LogP contribution in [0.1, 0.15) is 30.0 Å². The molecule has 1 aliphatic carbocycles. The largest absolute Gasteiger partial charge is 0.496 e. The molecule has 24 heavy (non-hydrogen) atoms. The van der Waals surface area contributed by atoms with Crippen LogP contribution in [0.3, 0.4) is 0 Å². The number of carbonyl (C=O) groups excluding carboxylic acids is 1. The van der Waals surface area contributed by atoms with Gasteiger partial charge in [0, 0.05) is 29.1 Å². The van der Waals surface area contributed by atoms with Crippen LogP contribution in [0.25, 0.3) is 0 Å². The summed E-state index contributed by atoms with van der Waals surface area (Å²) in [5.74, 6) is 0.779. The zero-order valence-corrected chi connectivity index (χ0v) is 14.0. The molecule has 1 amide bonds. The molecule has 2 aromatic rings. The third-order valence-electron chi connectivity index (χ3n) is 3.89. The minimum Gasteiger partial charge on any atom is -0.496 e. The fraction of sp³-hybridized carbons (Fsp3) is 0.353. The first-order valence-electron chi connectivity index (χ1n) is 7.74. The molecule has 3 rings (SSSR count). The predicted molar refractivity (Wildman–Crippen MR) is 90.3 cm³/mol. The van der Waals surface area contributed by atoms with E-state index in [0.717, 1.165) is 24.1 Å². The molecule has 126 valence electrons. The van der Waals surface area contributed by atoms with E-state index in [2.05, 4.69) is 10.4 Å². The molecule has 0 radical (unpaired) electrons. The van der Waals surface area contributed by atoms with Gasteiger partial charge in [0.1, 0.15) is 12.3 Å². The molecule has 1 aliphatic rings. The number of ether oxygens (including phenoxy) is 1. The Kier molecular flexibility index (Phi) is 4.85. The summed E-state index contributed by atoms with van der Waals surface area (Å²) in [5, 5.41) is 7.60. The van der Waals surface area contributed by atoms with Gasteiger partial charge >= 0.3 is 0 Å². The third-order valence-corrected chi connectivity index (χ3v) is 4.13. The lowest BCUT2D eigenvalue weighted by atomic mass is 10.2. The molecule has 1 heterocycles. The van der Waals surface area contributed by atoms with Gasteiger partial charge in [-0.3, -0.25) is 9.59 Å². The molecule has 0 aliphatic heterocycles. The molecule has 0 saturated heterocycles. The van der Waals surface area contributed by atoms with Gasteiger partial charge in [-0.15, -0.1) is 0 Å². The normalized spacial score (nSPS) is 13.6. The average Bonchev–Trinajstić information content (AvgIpc) is 3.40. The maximum Gasteiger partial charge on any atom is 0.267 e. The van der Waals surface area contributed by atoms with Crippen molar-refractivity contribution in [1.82, 2.24) is 15.1 Å². The molecule has 1 N–H and O–H groups in total. The van der Waals surface area contributed by atoms with Crippen molar-refractivity contribution in [3.63, 3.8) is 0 Å². The summed E-state index contributed by atoms with van der Waals surface area (Å²) in [6.45, 7) is 0.155. The first-order chi connectivity index (χ1) is 11.6. The van der Waals surface area contributed by atoms with Crippen LogP contribution in [0.4, 0.5) is 0 Å². The minimum atomic E-state index is -0.292. The molecule has 7 heteroatoms. The first-order valence-corrected chi connectivity index (χ1v) is 8.12. The van der Waals surface area contributed by atoms with E-state index in [0.29, 0.717) is 16.7 Å². The van der Waals surface area contributed by atoms with Gasteiger partial charge in [0.15, 0.2) is 0 Å². The monoisotopic (exact) mass is 347 g/mol. The number of benzene rings is 1. The van der Waals surface area contributed by atoms with Gasteiger partial charge in [-0.05, 0) is 37.1 Å². The summed E-state index contributed by atoms with van der Waals surface area (Å²) >= 11 is 5.97. The Labute approximate surface area is 144 Å². The van der Waals surface area contributed by atoms with E-state index in [4.69, 9.17) is 16.3 Å². The SMILES string of the molecule is COc1ccc(Cl)cc1CNC(=O)Cn1nc(C2CC2)ccc1=O. The summed E-state index contributed by atoms with van der Waals surface area (Å²) in [7, 11) is 1.56. The number of nitrogens with one attached hydrogen (secondary N) is 1. The molecule has 1 fully saturated rings. The van der Waals surface area contributed by atoms with Crippen LogP contribution in [-0.4, -0.2) is 22.8 Å². The number of hydrogen-bond acceptors (Lipinski definition) is 4. The minimum absolute atomic E-state index is 0.109. The van der Waals surface area contributed by atoms with Gasteiger partial charge in [-0.1, -0.05) is 11.6 Å². The summed E-state index contributed by atoms with van der Waals surface area (Å²) in [6.07, 6.45) is 2.18. The van der Waals surface area contributed by atoms with Crippen LogP contribution in [0.5, 0.6) is 5.75 Å². The topological polar surface area (TPSA) is 73.2 Å². The fourth-order valence-electron chi connectivity index (χ4n) is 2.45. The molecule has 0 spiro atoms. The molecule has 0 bridgehead atoms. The Morgan fingerprint density at radius 3 is 2.88 bits per heavy atom. The first kappa shape index (κ1) is 16.5. The van der Waals surface area contributed by atoms with E-state index in [1.807, 2.05) is 0 Å². The quantitative estimate of drug-likeness (QED) is 0.868. The lowest BCUT2D eigenvalue weighted by Crippen LogP contribution is -2.33. The number of methoxy groups -OCH3 is 1. The van der Waals surface area contributed by atoms with Crippen LogP contribution in [0.2, 0.25) is 5.02 Å². The van der Waals surface area contributed by atoms with Crippen molar-refractivity contribution in [1.29, 1.82) is 0 Å². The van der Waals surface area contributed by atoms with E-state index < -0.39 is 0 Å². The molecule has 1 aromatic carbocycles. The van der Waals surface area contributed by atoms with Gasteiger partial charge in [-0.2, -0.15) is 5.10 Å². The molecular weight excluding hydrogens is 330 g/mol. The van der Waals surface area contributed by atoms with Crippen molar-refractivity contribution in [2.24, 2.45) is 0 Å². The number of nitrogens with zero attached hydrogens (tertiary/aromatic N) is 2. The Bertz CT molecular complexity index is 815. The molecule has 6 nitrogen and oxygen atoms in total. The molecule has 0 atom stereocenters. The number of amides is 1. The highest BCUT2D eigenvalue weighted by molar-refractivity contribution is 6.30. The van der Waals surface area contributed by atoms with Crippen LogP contribution in [-0.2, 0) is 17.9 Å². The van der Waals surface area contributed by atoms with E-state index in [9.17, 15) is 9.59 Å². The van der Waals surface area contributed by atoms with Gasteiger partial charge in [-0.25, -0.2) is 4.68 Å². The summed E-state index contributed by atoms with van der Waals surface area (Å²) in [4.78, 5) is 24.0. The Morgan fingerprint density at radius 1 is 1.38 bits per heavy atom. The van der Waals surface area contributed by atoms with Crippen LogP contribution < -0.4 is 15.6 Å². The van der Waals surface area contributed by atoms with Crippen molar-refractivity contribution >= 4 is 17.5 Å². The number of aromatic nitrogens is 2. The lowest BCUT2D eigenvalue weighted by molar-refractivity contribution is -0.122. The van der Waals surface area contributed by atoms with E-state index in [1.54, 1.807) is 31.4 Å². The third kappa shape index (κ3) is 3.94. The van der Waals surface area contributed by atoms with Crippen LogP contribution >= 0.6 is 11.6 Å². The summed E-state index contributed by atoms with van der Waals surface area (Å²) in [5.41, 5.74) is 1.36. The molecular formula is C17H18ClN3O3. The molecule has 1 aromatic heterocycles. The van der Waals surface area contributed by atoms with Gasteiger partial charge in [0.05, 0.1) is 12.8 Å². The van der Waals surface area contributed by atoms with E-state index in [-0.39, 0.29) is 24.6 Å². The lowest BCUT2D eigenvalue weighted by Gasteiger charge is -2.11. The standard InChI is InChI=1S/C17H18ClN3O3/c1-24-15-6-4-13(18)8-12(15)9-19-16(22)10-21-17(23)7-5-14(20-21)11-2-3-11/h4-8,11H,2-3,9-10H2,1H3,(H,19,22). The zero-order chi connectivity index (χ0) is 17.1. The Hall–Kier alpha value is -2.34. The molecule has 1 saturated carbocycles. The Morgan fingerprint density at radius 2 is 2.17 bits per heavy atom. The molecule has 0 unspecified atom stereocenters. The highest BCUT2D eigenvalue weighted by Crippen LogP contribution is 2.38. The van der Waals surface area contributed by atoms with Crippen LogP contribution in [0, 0.1) is 0 Å². The second kappa shape index (κ2) is 7.05. The van der Waals surface area contributed by atoms with Crippen molar-refractivity contribution in [2.45, 2.75) is 31.8 Å². The number of carbonyl (C=O) groups is 1. The average molecular weight is 348 g/mol. The number of halogens is 1. The van der Waals surface area contributed by atoms with Gasteiger partial charge < -0.3 is 10.1 Å². The second-order valence-electron chi connectivity index (χ2n) is 5.76. The summed E-state index contributed by atoms with van der Waals surface area (Å²) < 4.78 is 6.45. The number of rotatable bonds is 6. The highest BCUT2D eigenvalue weighted by Gasteiger charge is 2.25. The van der Waals surface area contributed by atoms with Crippen molar-refractivity contribution in [3.05, 3.63) is 57.0 Å². The number of hydrogen-bond donors (Lipinski definition) is 1. The van der Waals surface area contributed by atoms with E-state index >= 15 is 0 Å². The predicted octanol–water partition coefficient (Wildman–Crippen LogP) is 2.10. The van der Waals surface area contributed by atoms with Gasteiger partial charge in [0.2, 0.25) is 5.91 Å². The smallest absolute Gasteiger partial charge is 0.267 e. The highest BCUT2D eigenvalue weighted by atomic mass is 35.5.